The number of ketones is 1. The lowest BCUT2D eigenvalue weighted by Crippen LogP contribution is -2.17. The van der Waals surface area contributed by atoms with Crippen molar-refractivity contribution in [1.29, 1.82) is 0 Å². The third-order valence-electron chi connectivity index (χ3n) is 3.19. The molecule has 3 aromatic rings. The highest BCUT2D eigenvalue weighted by Gasteiger charge is 2.18. The second kappa shape index (κ2) is 5.54. The van der Waals surface area contributed by atoms with E-state index in [2.05, 4.69) is 10.1 Å². The van der Waals surface area contributed by atoms with Crippen molar-refractivity contribution < 1.29 is 10.0 Å². The van der Waals surface area contributed by atoms with Gasteiger partial charge in [-0.2, -0.15) is 0 Å². The molecule has 0 atom stereocenters. The van der Waals surface area contributed by atoms with Gasteiger partial charge in [0.1, 0.15) is 0 Å². The molecule has 0 aliphatic heterocycles. The predicted octanol–water partition coefficient (Wildman–Crippen LogP) is 3.30. The van der Waals surface area contributed by atoms with Crippen LogP contribution in [-0.2, 0) is 0 Å². The van der Waals surface area contributed by atoms with E-state index in [9.17, 15) is 10.0 Å². The number of nitrogens with zero attached hydrogens (tertiary/aromatic N) is 2. The van der Waals surface area contributed by atoms with Crippen LogP contribution in [0.25, 0.3) is 10.9 Å². The number of Topliss-reactive ketones (excluding diaryl/α,β-unsaturated/α-hetero) is 1. The summed E-state index contributed by atoms with van der Waals surface area (Å²) in [6, 6.07) is 19.8. The molecule has 1 N–H and O–H groups in total. The lowest BCUT2D eigenvalue weighted by Gasteiger charge is -2.05. The molecule has 21 heavy (non-hydrogen) atoms. The molecule has 4 heteroatoms. The molecule has 2 aromatic carbocycles. The normalized spacial score (nSPS) is 11.5. The van der Waals surface area contributed by atoms with Gasteiger partial charge in [-0.15, -0.1) is 0 Å². The molecule has 0 saturated heterocycles. The van der Waals surface area contributed by atoms with Crippen LogP contribution in [-0.4, -0.2) is 21.7 Å². The van der Waals surface area contributed by atoms with Crippen molar-refractivity contribution in [3.63, 3.8) is 0 Å². The molecular formula is C17H12N2O2. The molecule has 0 spiro atoms. The Hall–Kier alpha value is -3.01. The second-order valence-electron chi connectivity index (χ2n) is 4.53. The summed E-state index contributed by atoms with van der Waals surface area (Å²) >= 11 is 0. The summed E-state index contributed by atoms with van der Waals surface area (Å²) in [7, 11) is 0. The zero-order valence-corrected chi connectivity index (χ0v) is 11.1. The maximum atomic E-state index is 12.4. The minimum Gasteiger partial charge on any atom is -0.410 e. The molecule has 0 unspecified atom stereocenters. The van der Waals surface area contributed by atoms with Gasteiger partial charge in [0.05, 0.1) is 11.2 Å². The molecule has 3 rings (SSSR count). The Balaban J connectivity index is 2.05. The average molecular weight is 276 g/mol. The van der Waals surface area contributed by atoms with Crippen LogP contribution in [0.5, 0.6) is 0 Å². The monoisotopic (exact) mass is 276 g/mol. The molecule has 0 fully saturated rings. The Morgan fingerprint density at radius 3 is 2.38 bits per heavy atom. The smallest absolute Gasteiger partial charge is 0.216 e. The largest absolute Gasteiger partial charge is 0.410 e. The van der Waals surface area contributed by atoms with Gasteiger partial charge in [-0.05, 0) is 12.1 Å². The van der Waals surface area contributed by atoms with E-state index >= 15 is 0 Å². The van der Waals surface area contributed by atoms with E-state index < -0.39 is 0 Å². The lowest BCUT2D eigenvalue weighted by atomic mass is 10.0. The van der Waals surface area contributed by atoms with Gasteiger partial charge in [-0.3, -0.25) is 4.79 Å². The zero-order chi connectivity index (χ0) is 14.7. The van der Waals surface area contributed by atoms with Crippen molar-refractivity contribution in [2.45, 2.75) is 0 Å². The Kier molecular flexibility index (Phi) is 3.43. The second-order valence-corrected chi connectivity index (χ2v) is 4.53. The summed E-state index contributed by atoms with van der Waals surface area (Å²) in [5.41, 5.74) is 1.49. The number of carbonyl (C=O) groups is 1. The van der Waals surface area contributed by atoms with Crippen molar-refractivity contribution in [3.8, 4) is 0 Å². The van der Waals surface area contributed by atoms with Crippen LogP contribution < -0.4 is 0 Å². The van der Waals surface area contributed by atoms with Gasteiger partial charge in [0.25, 0.3) is 0 Å². The topological polar surface area (TPSA) is 62.5 Å². The minimum absolute atomic E-state index is 0.0630. The van der Waals surface area contributed by atoms with Gasteiger partial charge < -0.3 is 5.21 Å². The number of rotatable bonds is 3. The van der Waals surface area contributed by atoms with Gasteiger partial charge in [0.15, 0.2) is 5.71 Å². The SMILES string of the molecule is O=C(/C(=N/O)c1ccc2ccccc2n1)c1ccccc1. The third-order valence-corrected chi connectivity index (χ3v) is 3.19. The molecule has 4 nitrogen and oxygen atoms in total. The predicted molar refractivity (Wildman–Crippen MR) is 80.8 cm³/mol. The highest BCUT2D eigenvalue weighted by Crippen LogP contribution is 2.14. The van der Waals surface area contributed by atoms with Crippen molar-refractivity contribution in [3.05, 3.63) is 78.0 Å². The number of hydrogen-bond acceptors (Lipinski definition) is 4. The lowest BCUT2D eigenvalue weighted by molar-refractivity contribution is 0.106. The summed E-state index contributed by atoms with van der Waals surface area (Å²) in [4.78, 5) is 16.8. The maximum absolute atomic E-state index is 12.4. The van der Waals surface area contributed by atoms with Gasteiger partial charge in [0.2, 0.25) is 5.78 Å². The Labute approximate surface area is 121 Å². The van der Waals surface area contributed by atoms with Crippen LogP contribution in [0.3, 0.4) is 0 Å². The van der Waals surface area contributed by atoms with E-state index in [1.54, 1.807) is 30.3 Å². The van der Waals surface area contributed by atoms with Crippen molar-refractivity contribution in [2.75, 3.05) is 0 Å². The van der Waals surface area contributed by atoms with Crippen molar-refractivity contribution >= 4 is 22.4 Å². The summed E-state index contributed by atoms with van der Waals surface area (Å²) in [6.45, 7) is 0. The number of oxime groups is 1. The maximum Gasteiger partial charge on any atom is 0.216 e. The highest BCUT2D eigenvalue weighted by atomic mass is 16.4. The molecule has 0 amide bonds. The van der Waals surface area contributed by atoms with Crippen LogP contribution in [0.15, 0.2) is 71.9 Å². The first-order valence-corrected chi connectivity index (χ1v) is 6.47. The Morgan fingerprint density at radius 1 is 0.905 bits per heavy atom. The fourth-order valence-electron chi connectivity index (χ4n) is 2.14. The van der Waals surface area contributed by atoms with Crippen LogP contribution >= 0.6 is 0 Å². The minimum atomic E-state index is -0.360. The van der Waals surface area contributed by atoms with E-state index in [-0.39, 0.29) is 11.5 Å². The number of pyridine rings is 1. The van der Waals surface area contributed by atoms with Gasteiger partial charge >= 0.3 is 0 Å². The van der Waals surface area contributed by atoms with E-state index in [0.717, 1.165) is 10.9 Å². The highest BCUT2D eigenvalue weighted by molar-refractivity contribution is 6.50. The number of aromatic nitrogens is 1. The zero-order valence-electron chi connectivity index (χ0n) is 11.1. The molecule has 0 aliphatic rings. The van der Waals surface area contributed by atoms with Gasteiger partial charge in [-0.1, -0.05) is 59.8 Å². The molecule has 0 aliphatic carbocycles. The molecule has 0 bridgehead atoms. The van der Waals surface area contributed by atoms with E-state index in [0.29, 0.717) is 11.3 Å². The summed E-state index contributed by atoms with van der Waals surface area (Å²) in [6.07, 6.45) is 0. The van der Waals surface area contributed by atoms with Crippen LogP contribution in [0.2, 0.25) is 0 Å². The number of para-hydroxylation sites is 1. The number of benzene rings is 2. The quantitative estimate of drug-likeness (QED) is 0.345. The van der Waals surface area contributed by atoms with Crippen LogP contribution in [0.4, 0.5) is 0 Å². The fraction of sp³-hybridized carbons (Fsp3) is 0. The first-order chi connectivity index (χ1) is 10.3. The van der Waals surface area contributed by atoms with Gasteiger partial charge in [-0.25, -0.2) is 4.98 Å². The average Bonchev–Trinajstić information content (AvgIpc) is 2.56. The summed E-state index contributed by atoms with van der Waals surface area (Å²) in [5.74, 6) is -0.360. The van der Waals surface area contributed by atoms with Gasteiger partial charge in [0, 0.05) is 10.9 Å². The molecule has 1 aromatic heterocycles. The summed E-state index contributed by atoms with van der Waals surface area (Å²) < 4.78 is 0. The standard InChI is InChI=1S/C17H12N2O2/c20-17(13-7-2-1-3-8-13)16(19-21)15-11-10-12-6-4-5-9-14(12)18-15/h1-11,21H/b19-16+. The van der Waals surface area contributed by atoms with E-state index in [1.165, 1.54) is 0 Å². The third kappa shape index (κ3) is 2.51. The number of hydrogen-bond donors (Lipinski definition) is 1. The molecule has 0 radical (unpaired) electrons. The molecule has 102 valence electrons. The van der Waals surface area contributed by atoms with E-state index in [4.69, 9.17) is 0 Å². The Bertz CT molecular complexity index is 826. The Morgan fingerprint density at radius 2 is 1.62 bits per heavy atom. The molecule has 1 heterocycles. The molecular weight excluding hydrogens is 264 g/mol. The first kappa shape index (κ1) is 13.0. The van der Waals surface area contributed by atoms with Crippen molar-refractivity contribution in [2.24, 2.45) is 5.16 Å². The van der Waals surface area contributed by atoms with E-state index in [1.807, 2.05) is 36.4 Å². The fourth-order valence-corrected chi connectivity index (χ4v) is 2.14. The summed E-state index contributed by atoms with van der Waals surface area (Å²) in [5, 5.41) is 13.3. The van der Waals surface area contributed by atoms with Crippen LogP contribution in [0, 0.1) is 0 Å². The number of fused-ring (bicyclic) bond motifs is 1. The van der Waals surface area contributed by atoms with Crippen molar-refractivity contribution in [1.82, 2.24) is 4.98 Å². The molecule has 0 saturated carbocycles. The number of carbonyl (C=O) groups excluding carboxylic acids is 1. The first-order valence-electron chi connectivity index (χ1n) is 6.47. The van der Waals surface area contributed by atoms with Crippen LogP contribution in [0.1, 0.15) is 16.1 Å².